The minimum Gasteiger partial charge on any atom is -0.406 e. The molecule has 1 nitrogen and oxygen atoms in total. The summed E-state index contributed by atoms with van der Waals surface area (Å²) in [6.07, 6.45) is -4.81. The number of fused-ring (bicyclic) bond motifs is 7. The third-order valence-electron chi connectivity index (χ3n) is 8.25. The Bertz CT molecular complexity index is 2160. The van der Waals surface area contributed by atoms with E-state index in [-0.39, 0.29) is 5.75 Å². The quantitative estimate of drug-likeness (QED) is 0.113. The fourth-order valence-electron chi connectivity index (χ4n) is 6.53. The summed E-state index contributed by atoms with van der Waals surface area (Å²) in [6.45, 7) is 6.17. The van der Waals surface area contributed by atoms with Crippen LogP contribution in [-0.2, 0) is 0 Å². The molecule has 0 spiro atoms. The Labute approximate surface area is 249 Å². The normalized spacial score (nSPS) is 12.4. The highest BCUT2D eigenvalue weighted by atomic mass is 28.3. The number of ether oxygens (including phenoxy) is 1. The first-order chi connectivity index (χ1) is 20.6. The number of alkyl halides is 3. The van der Waals surface area contributed by atoms with Gasteiger partial charge in [0.2, 0.25) is 0 Å². The van der Waals surface area contributed by atoms with E-state index in [0.717, 1.165) is 65.3 Å². The zero-order valence-corrected chi connectivity index (χ0v) is 25.1. The summed E-state index contributed by atoms with van der Waals surface area (Å²) < 4.78 is 46.5. The van der Waals surface area contributed by atoms with Gasteiger partial charge in [-0.05, 0) is 76.6 Å². The van der Waals surface area contributed by atoms with Crippen LogP contribution in [0.1, 0.15) is 0 Å². The van der Waals surface area contributed by atoms with E-state index in [1.54, 1.807) is 6.07 Å². The summed E-state index contributed by atoms with van der Waals surface area (Å²) in [4.78, 5) is 0. The van der Waals surface area contributed by atoms with Crippen LogP contribution in [-0.4, -0.2) is 14.4 Å². The molecule has 0 fully saturated rings. The van der Waals surface area contributed by atoms with E-state index < -0.39 is 14.4 Å². The molecule has 0 aliphatic heterocycles. The van der Waals surface area contributed by atoms with Crippen LogP contribution in [0.15, 0.2) is 121 Å². The van der Waals surface area contributed by atoms with Crippen LogP contribution >= 0.6 is 0 Å². The lowest BCUT2D eigenvalue weighted by Gasteiger charge is -2.26. The molecule has 0 heterocycles. The van der Waals surface area contributed by atoms with Gasteiger partial charge in [0.05, 0.1) is 8.07 Å². The SMILES string of the molecule is C[Si](C)(C)c1cc2c(-c3ccccc3)c3c4ccccc4c4ccccc4c3c(-c3ccccc3)c2cc1OC(F)(F)F. The highest BCUT2D eigenvalue weighted by molar-refractivity contribution is 6.89. The smallest absolute Gasteiger partial charge is 0.406 e. The van der Waals surface area contributed by atoms with Crippen molar-refractivity contribution < 1.29 is 17.9 Å². The Morgan fingerprint density at radius 3 is 1.30 bits per heavy atom. The molecule has 0 amide bonds. The molecule has 7 rings (SSSR count). The number of halogens is 3. The van der Waals surface area contributed by atoms with Crippen molar-refractivity contribution in [3.05, 3.63) is 121 Å². The molecule has 0 radical (unpaired) electrons. The monoisotopic (exact) mass is 586 g/mol. The van der Waals surface area contributed by atoms with Crippen molar-refractivity contribution in [2.75, 3.05) is 0 Å². The molecule has 0 unspecified atom stereocenters. The molecule has 0 saturated carbocycles. The first-order valence-corrected chi connectivity index (χ1v) is 17.9. The number of hydrogen-bond donors (Lipinski definition) is 0. The van der Waals surface area contributed by atoms with Gasteiger partial charge in [-0.1, -0.05) is 135 Å². The summed E-state index contributed by atoms with van der Waals surface area (Å²) >= 11 is 0. The third kappa shape index (κ3) is 4.65. The topological polar surface area (TPSA) is 9.23 Å². The van der Waals surface area contributed by atoms with Crippen LogP contribution in [0.5, 0.6) is 5.75 Å². The largest absolute Gasteiger partial charge is 0.573 e. The molecule has 5 heteroatoms. The molecule has 7 aromatic carbocycles. The predicted molar refractivity (Wildman–Crippen MR) is 177 cm³/mol. The third-order valence-corrected chi connectivity index (χ3v) is 10.3. The predicted octanol–water partition coefficient (Wildman–Crippen LogP) is 11.1. The highest BCUT2D eigenvalue weighted by Crippen LogP contribution is 2.50. The fourth-order valence-corrected chi connectivity index (χ4v) is 7.97. The van der Waals surface area contributed by atoms with Gasteiger partial charge in [0.25, 0.3) is 0 Å². The molecule has 7 aromatic rings. The second-order valence-corrected chi connectivity index (χ2v) is 17.1. The summed E-state index contributed by atoms with van der Waals surface area (Å²) in [7, 11) is -2.31. The van der Waals surface area contributed by atoms with Gasteiger partial charge >= 0.3 is 6.36 Å². The van der Waals surface area contributed by atoms with E-state index in [1.807, 2.05) is 66.7 Å². The van der Waals surface area contributed by atoms with Gasteiger partial charge in [-0.15, -0.1) is 13.2 Å². The first-order valence-electron chi connectivity index (χ1n) is 14.4. The lowest BCUT2D eigenvalue weighted by atomic mass is 9.81. The number of rotatable bonds is 4. The van der Waals surface area contributed by atoms with Gasteiger partial charge < -0.3 is 4.74 Å². The van der Waals surface area contributed by atoms with Crippen molar-refractivity contribution >= 4 is 56.4 Å². The molecule has 212 valence electrons. The Morgan fingerprint density at radius 2 is 0.884 bits per heavy atom. The Kier molecular flexibility index (Phi) is 6.33. The maximum absolute atomic E-state index is 13.9. The molecular formula is C38H29F3OSi. The van der Waals surface area contributed by atoms with Crippen LogP contribution in [0, 0.1) is 0 Å². The van der Waals surface area contributed by atoms with Crippen LogP contribution in [0.4, 0.5) is 13.2 Å². The zero-order chi connectivity index (χ0) is 29.9. The van der Waals surface area contributed by atoms with Gasteiger partial charge in [-0.3, -0.25) is 0 Å². The summed E-state index contributed by atoms with van der Waals surface area (Å²) in [5, 5.41) is 8.82. The van der Waals surface area contributed by atoms with Crippen molar-refractivity contribution in [2.24, 2.45) is 0 Å². The van der Waals surface area contributed by atoms with Crippen molar-refractivity contribution in [3.63, 3.8) is 0 Å². The van der Waals surface area contributed by atoms with E-state index in [0.29, 0.717) is 5.19 Å². The van der Waals surface area contributed by atoms with E-state index in [1.165, 1.54) is 0 Å². The van der Waals surface area contributed by atoms with E-state index in [2.05, 4.69) is 68.2 Å². The van der Waals surface area contributed by atoms with Crippen molar-refractivity contribution in [1.29, 1.82) is 0 Å². The maximum Gasteiger partial charge on any atom is 0.573 e. The lowest BCUT2D eigenvalue weighted by molar-refractivity contribution is -0.274. The van der Waals surface area contributed by atoms with Crippen LogP contribution in [0.25, 0.3) is 65.3 Å². The van der Waals surface area contributed by atoms with E-state index in [4.69, 9.17) is 4.74 Å². The van der Waals surface area contributed by atoms with Gasteiger partial charge in [0.1, 0.15) is 5.75 Å². The standard InChI is InChI=1S/C38H29F3OSi/c1-43(2,3)33-23-31-30(22-32(33)42-38(39,40)41)34(24-14-6-4-7-15-24)36-28-20-12-10-18-26(28)27-19-11-13-21-29(27)37(36)35(31)25-16-8-5-9-17-25/h4-23H,1-3H3. The van der Waals surface area contributed by atoms with Crippen LogP contribution < -0.4 is 9.92 Å². The molecule has 0 saturated heterocycles. The molecule has 43 heavy (non-hydrogen) atoms. The Morgan fingerprint density at radius 1 is 0.488 bits per heavy atom. The first kappa shape index (κ1) is 27.2. The number of hydrogen-bond acceptors (Lipinski definition) is 1. The van der Waals surface area contributed by atoms with E-state index in [9.17, 15) is 13.2 Å². The van der Waals surface area contributed by atoms with E-state index >= 15 is 0 Å². The molecule has 0 aromatic heterocycles. The average Bonchev–Trinajstić information content (AvgIpc) is 2.99. The molecule has 0 bridgehead atoms. The maximum atomic E-state index is 13.9. The van der Waals surface area contributed by atoms with Crippen LogP contribution in [0.2, 0.25) is 19.6 Å². The zero-order valence-electron chi connectivity index (χ0n) is 24.1. The Balaban J connectivity index is 1.85. The Hall–Kier alpha value is -4.61. The minimum absolute atomic E-state index is 0.111. The molecule has 0 atom stereocenters. The second kappa shape index (κ2) is 9.99. The molecular weight excluding hydrogens is 557 g/mol. The van der Waals surface area contributed by atoms with Crippen molar-refractivity contribution in [2.45, 2.75) is 26.0 Å². The summed E-state index contributed by atoms with van der Waals surface area (Å²) in [5.41, 5.74) is 3.88. The molecule has 0 N–H and O–H groups in total. The number of benzene rings is 7. The van der Waals surface area contributed by atoms with Gasteiger partial charge in [-0.25, -0.2) is 0 Å². The van der Waals surface area contributed by atoms with Gasteiger partial charge in [0.15, 0.2) is 0 Å². The van der Waals surface area contributed by atoms with Gasteiger partial charge in [-0.2, -0.15) is 0 Å². The summed E-state index contributed by atoms with van der Waals surface area (Å²) in [6, 6.07) is 40.6. The molecule has 0 aliphatic rings. The molecule has 0 aliphatic carbocycles. The fraction of sp³-hybridized carbons (Fsp3) is 0.105. The van der Waals surface area contributed by atoms with Crippen molar-refractivity contribution in [1.82, 2.24) is 0 Å². The van der Waals surface area contributed by atoms with Crippen molar-refractivity contribution in [3.8, 4) is 28.0 Å². The minimum atomic E-state index is -4.81. The highest BCUT2D eigenvalue weighted by Gasteiger charge is 2.35. The second-order valence-electron chi connectivity index (χ2n) is 12.0. The van der Waals surface area contributed by atoms with Crippen LogP contribution in [0.3, 0.4) is 0 Å². The lowest BCUT2D eigenvalue weighted by Crippen LogP contribution is -2.40. The van der Waals surface area contributed by atoms with Gasteiger partial charge in [0, 0.05) is 0 Å². The summed E-state index contributed by atoms with van der Waals surface area (Å²) in [5.74, 6) is -0.111. The average molecular weight is 587 g/mol.